The number of halogens is 1. The molecule has 0 bridgehead atoms. The summed E-state index contributed by atoms with van der Waals surface area (Å²) in [6.07, 6.45) is 7.14. The average molecular weight is 530 g/mol. The van der Waals surface area contributed by atoms with E-state index in [-0.39, 0.29) is 11.5 Å². The first-order valence-electron chi connectivity index (χ1n) is 13.2. The van der Waals surface area contributed by atoms with E-state index in [1.54, 1.807) is 18.3 Å². The van der Waals surface area contributed by atoms with Gasteiger partial charge in [-0.3, -0.25) is 4.79 Å². The van der Waals surface area contributed by atoms with Gasteiger partial charge in [-0.05, 0) is 62.1 Å². The van der Waals surface area contributed by atoms with Crippen molar-refractivity contribution in [2.45, 2.75) is 58.5 Å². The number of fused-ring (bicyclic) bond motifs is 1. The summed E-state index contributed by atoms with van der Waals surface area (Å²) in [6.45, 7) is 4.79. The number of hydrogen-bond donors (Lipinski definition) is 0. The van der Waals surface area contributed by atoms with E-state index in [4.69, 9.17) is 26.1 Å². The predicted octanol–water partition coefficient (Wildman–Crippen LogP) is 7.27. The van der Waals surface area contributed by atoms with Gasteiger partial charge in [0.1, 0.15) is 12.4 Å². The normalized spacial score (nSPS) is 14.3. The van der Waals surface area contributed by atoms with Gasteiger partial charge in [-0.15, -0.1) is 0 Å². The molecule has 1 heterocycles. The van der Waals surface area contributed by atoms with Crippen LogP contribution in [-0.4, -0.2) is 22.5 Å². The van der Waals surface area contributed by atoms with E-state index in [9.17, 15) is 4.79 Å². The molecule has 1 aromatic heterocycles. The molecule has 0 atom stereocenters. The number of aromatic nitrogens is 2. The Kier molecular flexibility index (Phi) is 8.08. The Morgan fingerprint density at radius 1 is 1.05 bits per heavy atom. The molecule has 0 saturated heterocycles. The van der Waals surface area contributed by atoms with Crippen LogP contribution in [0, 0.1) is 6.92 Å². The summed E-state index contributed by atoms with van der Waals surface area (Å²) in [7, 11) is 0. The number of para-hydroxylation sites is 1. The number of rotatable bonds is 8. The largest absolute Gasteiger partial charge is 0.490 e. The highest BCUT2D eigenvalue weighted by Crippen LogP contribution is 2.37. The van der Waals surface area contributed by atoms with Crippen molar-refractivity contribution < 1.29 is 9.47 Å². The van der Waals surface area contributed by atoms with Crippen LogP contribution in [-0.2, 0) is 6.61 Å². The topological polar surface area (TPSA) is 65.7 Å². The van der Waals surface area contributed by atoms with Crippen molar-refractivity contribution in [3.8, 4) is 11.5 Å². The highest BCUT2D eigenvalue weighted by molar-refractivity contribution is 6.32. The van der Waals surface area contributed by atoms with Crippen molar-refractivity contribution in [2.75, 3.05) is 6.61 Å². The third kappa shape index (κ3) is 5.76. The van der Waals surface area contributed by atoms with Crippen LogP contribution in [0.3, 0.4) is 0 Å². The Morgan fingerprint density at radius 3 is 2.58 bits per heavy atom. The van der Waals surface area contributed by atoms with Crippen molar-refractivity contribution in [1.82, 2.24) is 9.66 Å². The molecular formula is C31H32ClN3O3. The van der Waals surface area contributed by atoms with Crippen molar-refractivity contribution in [3.63, 3.8) is 0 Å². The van der Waals surface area contributed by atoms with Crippen LogP contribution in [0.15, 0.2) is 70.6 Å². The lowest BCUT2D eigenvalue weighted by Gasteiger charge is -2.22. The van der Waals surface area contributed by atoms with Crippen LogP contribution in [0.1, 0.15) is 67.5 Å². The molecule has 4 aromatic rings. The second-order valence-electron chi connectivity index (χ2n) is 9.72. The highest BCUT2D eigenvalue weighted by atomic mass is 35.5. The monoisotopic (exact) mass is 529 g/mol. The SMILES string of the molecule is CCOc1cc(C=Nn2c(C3CCCCC3)nc3ccccc3c2=O)cc(Cl)c1OCc1ccc(C)cc1. The highest BCUT2D eigenvalue weighted by Gasteiger charge is 2.22. The fourth-order valence-electron chi connectivity index (χ4n) is 4.91. The summed E-state index contributed by atoms with van der Waals surface area (Å²) in [5.41, 5.74) is 3.48. The fourth-order valence-corrected chi connectivity index (χ4v) is 5.18. The minimum Gasteiger partial charge on any atom is -0.490 e. The summed E-state index contributed by atoms with van der Waals surface area (Å²) in [5.74, 6) is 1.95. The van der Waals surface area contributed by atoms with E-state index >= 15 is 0 Å². The van der Waals surface area contributed by atoms with Gasteiger partial charge >= 0.3 is 0 Å². The third-order valence-electron chi connectivity index (χ3n) is 6.91. The molecule has 0 spiro atoms. The Hall–Kier alpha value is -3.64. The zero-order valence-corrected chi connectivity index (χ0v) is 22.6. The average Bonchev–Trinajstić information content (AvgIpc) is 2.93. The zero-order valence-electron chi connectivity index (χ0n) is 21.8. The lowest BCUT2D eigenvalue weighted by molar-refractivity contribution is 0.269. The van der Waals surface area contributed by atoms with Gasteiger partial charge in [0.05, 0.1) is 28.7 Å². The Bertz CT molecular complexity index is 1510. The molecular weight excluding hydrogens is 498 g/mol. The smallest absolute Gasteiger partial charge is 0.282 e. The van der Waals surface area contributed by atoms with Crippen molar-refractivity contribution in [1.29, 1.82) is 0 Å². The maximum Gasteiger partial charge on any atom is 0.282 e. The minimum atomic E-state index is -0.165. The van der Waals surface area contributed by atoms with E-state index < -0.39 is 0 Å². The predicted molar refractivity (Wildman–Crippen MR) is 153 cm³/mol. The molecule has 0 aliphatic heterocycles. The molecule has 196 valence electrons. The number of nitrogens with zero attached hydrogens (tertiary/aromatic N) is 3. The van der Waals surface area contributed by atoms with Gasteiger partial charge < -0.3 is 9.47 Å². The van der Waals surface area contributed by atoms with Gasteiger partial charge in [0, 0.05) is 5.92 Å². The minimum absolute atomic E-state index is 0.165. The Labute approximate surface area is 227 Å². The van der Waals surface area contributed by atoms with Gasteiger partial charge in [-0.1, -0.05) is 72.8 Å². The lowest BCUT2D eigenvalue weighted by Crippen LogP contribution is -2.25. The van der Waals surface area contributed by atoms with Gasteiger partial charge in [0.25, 0.3) is 5.56 Å². The first-order chi connectivity index (χ1) is 18.5. The lowest BCUT2D eigenvalue weighted by atomic mass is 9.88. The molecule has 1 aliphatic carbocycles. The van der Waals surface area contributed by atoms with Crippen LogP contribution >= 0.6 is 11.6 Å². The standard InChI is InChI=1S/C31H32ClN3O3/c1-3-37-28-18-23(17-26(32)29(28)38-20-22-15-13-21(2)14-16-22)19-33-35-30(24-9-5-4-6-10-24)34-27-12-8-7-11-25(27)31(35)36/h7-8,11-19,24H,3-6,9-10,20H2,1-2H3. The van der Waals surface area contributed by atoms with E-state index in [2.05, 4.69) is 24.2 Å². The number of hydrogen-bond acceptors (Lipinski definition) is 5. The molecule has 1 aliphatic rings. The van der Waals surface area contributed by atoms with Crippen LogP contribution in [0.25, 0.3) is 10.9 Å². The first kappa shape index (κ1) is 26.0. The van der Waals surface area contributed by atoms with Gasteiger partial charge in [-0.25, -0.2) is 4.98 Å². The van der Waals surface area contributed by atoms with Gasteiger partial charge in [0.15, 0.2) is 11.5 Å². The van der Waals surface area contributed by atoms with E-state index in [1.807, 2.05) is 43.3 Å². The maximum atomic E-state index is 13.5. The summed E-state index contributed by atoms with van der Waals surface area (Å²) in [6, 6.07) is 19.2. The molecule has 38 heavy (non-hydrogen) atoms. The summed E-state index contributed by atoms with van der Waals surface area (Å²) in [5, 5.41) is 5.61. The fraction of sp³-hybridized carbons (Fsp3) is 0.323. The summed E-state index contributed by atoms with van der Waals surface area (Å²) < 4.78 is 13.4. The molecule has 0 unspecified atom stereocenters. The van der Waals surface area contributed by atoms with E-state index in [0.717, 1.165) is 37.1 Å². The van der Waals surface area contributed by atoms with Crippen molar-refractivity contribution in [2.24, 2.45) is 5.10 Å². The molecule has 5 rings (SSSR count). The van der Waals surface area contributed by atoms with Crippen LogP contribution in [0.2, 0.25) is 5.02 Å². The van der Waals surface area contributed by atoms with Crippen molar-refractivity contribution >= 4 is 28.7 Å². The second kappa shape index (κ2) is 11.8. The first-order valence-corrected chi connectivity index (χ1v) is 13.6. The summed E-state index contributed by atoms with van der Waals surface area (Å²) in [4.78, 5) is 18.4. The third-order valence-corrected chi connectivity index (χ3v) is 7.19. The second-order valence-corrected chi connectivity index (χ2v) is 10.1. The van der Waals surface area contributed by atoms with E-state index in [1.165, 1.54) is 16.7 Å². The molecule has 7 heteroatoms. The Morgan fingerprint density at radius 2 is 1.82 bits per heavy atom. The zero-order chi connectivity index (χ0) is 26.5. The quantitative estimate of drug-likeness (QED) is 0.225. The maximum absolute atomic E-state index is 13.5. The molecule has 0 amide bonds. The van der Waals surface area contributed by atoms with Gasteiger partial charge in [0.2, 0.25) is 0 Å². The van der Waals surface area contributed by atoms with E-state index in [0.29, 0.717) is 46.2 Å². The Balaban J connectivity index is 1.48. The van der Waals surface area contributed by atoms with Gasteiger partial charge in [-0.2, -0.15) is 9.78 Å². The van der Waals surface area contributed by atoms with Crippen LogP contribution in [0.4, 0.5) is 0 Å². The molecule has 0 radical (unpaired) electrons. The molecule has 3 aromatic carbocycles. The summed E-state index contributed by atoms with van der Waals surface area (Å²) >= 11 is 6.66. The number of benzene rings is 3. The van der Waals surface area contributed by atoms with Crippen molar-refractivity contribution in [3.05, 3.63) is 98.6 Å². The number of aryl methyl sites for hydroxylation is 1. The molecule has 6 nitrogen and oxygen atoms in total. The molecule has 1 saturated carbocycles. The molecule has 0 N–H and O–H groups in total. The molecule has 1 fully saturated rings. The number of ether oxygens (including phenoxy) is 2. The van der Waals surface area contributed by atoms with Crippen LogP contribution < -0.4 is 15.0 Å². The van der Waals surface area contributed by atoms with Crippen LogP contribution in [0.5, 0.6) is 11.5 Å².